The van der Waals surface area contributed by atoms with Crippen molar-refractivity contribution in [1.29, 1.82) is 0 Å². The number of rotatable bonds is 4. The molecule has 0 spiro atoms. The molecular formula is C11H13N5O2. The van der Waals surface area contributed by atoms with Crippen LogP contribution in [0.2, 0.25) is 0 Å². The highest BCUT2D eigenvalue weighted by molar-refractivity contribution is 5.95. The van der Waals surface area contributed by atoms with Crippen molar-refractivity contribution in [3.8, 4) is 5.75 Å². The molecule has 0 saturated carbocycles. The summed E-state index contributed by atoms with van der Waals surface area (Å²) in [5.41, 5.74) is 6.84. The minimum atomic E-state index is -0.0186. The van der Waals surface area contributed by atoms with Crippen LogP contribution in [0.3, 0.4) is 0 Å². The summed E-state index contributed by atoms with van der Waals surface area (Å²) in [5.74, 6) is 0.676. The molecule has 0 fully saturated rings. The largest absolute Gasteiger partial charge is 0.493 e. The lowest BCUT2D eigenvalue weighted by atomic mass is 10.2. The molecule has 0 aliphatic rings. The smallest absolute Gasteiger partial charge is 0.188 e. The van der Waals surface area contributed by atoms with Crippen molar-refractivity contribution in [2.24, 2.45) is 10.9 Å². The van der Waals surface area contributed by atoms with Crippen molar-refractivity contribution >= 4 is 5.84 Å². The average Bonchev–Trinajstić information content (AvgIpc) is 2.86. The molecule has 2 rings (SSSR count). The van der Waals surface area contributed by atoms with E-state index < -0.39 is 0 Å². The Morgan fingerprint density at radius 3 is 3.11 bits per heavy atom. The summed E-state index contributed by atoms with van der Waals surface area (Å²) in [6.07, 6.45) is 5.01. The number of hydrogen-bond acceptors (Lipinski definition) is 5. The standard InChI is InChI=1S/C11H13N5O2/c1-18-9-5-14-16(7-9)6-8-2-3-13-10(4-8)11(12)15-17/h2-5,7,17H,6H2,1H3,(H2,12,15). The van der Waals surface area contributed by atoms with Crippen LogP contribution in [0.5, 0.6) is 5.75 Å². The maximum Gasteiger partial charge on any atom is 0.188 e. The van der Waals surface area contributed by atoms with Crippen molar-refractivity contribution in [2.75, 3.05) is 7.11 Å². The molecule has 2 aromatic rings. The van der Waals surface area contributed by atoms with Crippen molar-refractivity contribution in [2.45, 2.75) is 6.54 Å². The van der Waals surface area contributed by atoms with E-state index in [-0.39, 0.29) is 5.84 Å². The van der Waals surface area contributed by atoms with Gasteiger partial charge in [0.05, 0.1) is 26.0 Å². The maximum absolute atomic E-state index is 8.59. The first kappa shape index (κ1) is 11.9. The summed E-state index contributed by atoms with van der Waals surface area (Å²) < 4.78 is 6.77. The van der Waals surface area contributed by atoms with Gasteiger partial charge >= 0.3 is 0 Å². The van der Waals surface area contributed by atoms with Crippen LogP contribution < -0.4 is 10.5 Å². The molecule has 2 aromatic heterocycles. The highest BCUT2D eigenvalue weighted by Gasteiger charge is 2.04. The summed E-state index contributed by atoms with van der Waals surface area (Å²) in [4.78, 5) is 4.00. The van der Waals surface area contributed by atoms with Gasteiger partial charge in [-0.1, -0.05) is 5.16 Å². The molecule has 7 nitrogen and oxygen atoms in total. The fraction of sp³-hybridized carbons (Fsp3) is 0.182. The number of pyridine rings is 1. The van der Waals surface area contributed by atoms with Gasteiger partial charge in [0.2, 0.25) is 0 Å². The van der Waals surface area contributed by atoms with Gasteiger partial charge in [0, 0.05) is 6.20 Å². The Labute approximate surface area is 104 Å². The van der Waals surface area contributed by atoms with Crippen LogP contribution in [0.15, 0.2) is 35.9 Å². The second-order valence-corrected chi connectivity index (χ2v) is 3.61. The first-order chi connectivity index (χ1) is 8.72. The fourth-order valence-electron chi connectivity index (χ4n) is 1.49. The number of nitrogens with zero attached hydrogens (tertiary/aromatic N) is 4. The predicted octanol–water partition coefficient (Wildman–Crippen LogP) is 0.429. The molecule has 3 N–H and O–H groups in total. The molecule has 0 amide bonds. The quantitative estimate of drug-likeness (QED) is 0.353. The molecule has 2 heterocycles. The number of methoxy groups -OCH3 is 1. The van der Waals surface area contributed by atoms with Crippen LogP contribution in [-0.2, 0) is 6.54 Å². The number of oxime groups is 1. The Kier molecular flexibility index (Phi) is 3.42. The van der Waals surface area contributed by atoms with Gasteiger partial charge < -0.3 is 15.7 Å². The molecule has 0 aliphatic heterocycles. The Morgan fingerprint density at radius 2 is 2.44 bits per heavy atom. The monoisotopic (exact) mass is 247 g/mol. The molecule has 7 heteroatoms. The lowest BCUT2D eigenvalue weighted by Gasteiger charge is -2.03. The van der Waals surface area contributed by atoms with Crippen molar-refractivity contribution in [3.63, 3.8) is 0 Å². The number of hydrogen-bond donors (Lipinski definition) is 2. The zero-order valence-corrected chi connectivity index (χ0v) is 9.82. The second-order valence-electron chi connectivity index (χ2n) is 3.61. The normalized spacial score (nSPS) is 11.5. The average molecular weight is 247 g/mol. The molecule has 0 saturated heterocycles. The highest BCUT2D eigenvalue weighted by Crippen LogP contribution is 2.09. The Hall–Kier alpha value is -2.57. The van der Waals surface area contributed by atoms with Gasteiger partial charge in [-0.2, -0.15) is 5.10 Å². The number of aromatic nitrogens is 3. The number of amidine groups is 1. The predicted molar refractivity (Wildman–Crippen MR) is 64.6 cm³/mol. The van der Waals surface area contributed by atoms with E-state index in [9.17, 15) is 0 Å². The first-order valence-electron chi connectivity index (χ1n) is 5.22. The fourth-order valence-corrected chi connectivity index (χ4v) is 1.49. The Bertz CT molecular complexity index is 564. The topological polar surface area (TPSA) is 98.5 Å². The van der Waals surface area contributed by atoms with Gasteiger partial charge in [-0.15, -0.1) is 0 Å². The molecular weight excluding hydrogens is 234 g/mol. The van der Waals surface area contributed by atoms with Crippen LogP contribution >= 0.6 is 0 Å². The van der Waals surface area contributed by atoms with E-state index in [4.69, 9.17) is 15.7 Å². The highest BCUT2D eigenvalue weighted by atomic mass is 16.5. The summed E-state index contributed by atoms with van der Waals surface area (Å²) in [7, 11) is 1.59. The Balaban J connectivity index is 2.19. The van der Waals surface area contributed by atoms with Gasteiger partial charge in [0.25, 0.3) is 0 Å². The SMILES string of the molecule is COc1cnn(Cc2ccnc(/C(N)=N/O)c2)c1. The third kappa shape index (κ3) is 2.57. The molecule has 0 aromatic carbocycles. The minimum absolute atomic E-state index is 0.0186. The summed E-state index contributed by atoms with van der Waals surface area (Å²) in [6.45, 7) is 0.553. The van der Waals surface area contributed by atoms with E-state index in [1.54, 1.807) is 36.4 Å². The van der Waals surface area contributed by atoms with Crippen LogP contribution in [0.25, 0.3) is 0 Å². The van der Waals surface area contributed by atoms with E-state index in [1.807, 2.05) is 6.07 Å². The minimum Gasteiger partial charge on any atom is -0.493 e. The number of ether oxygens (including phenoxy) is 1. The first-order valence-corrected chi connectivity index (χ1v) is 5.22. The summed E-state index contributed by atoms with van der Waals surface area (Å²) in [6, 6.07) is 3.57. The van der Waals surface area contributed by atoms with Crippen LogP contribution in [-0.4, -0.2) is 32.9 Å². The van der Waals surface area contributed by atoms with Crippen molar-refractivity contribution < 1.29 is 9.94 Å². The zero-order chi connectivity index (χ0) is 13.0. The van der Waals surface area contributed by atoms with Crippen LogP contribution in [0.4, 0.5) is 0 Å². The number of nitrogens with two attached hydrogens (primary N) is 1. The lowest BCUT2D eigenvalue weighted by Crippen LogP contribution is -2.15. The molecule has 0 atom stereocenters. The Morgan fingerprint density at radius 1 is 1.61 bits per heavy atom. The molecule has 0 unspecified atom stereocenters. The third-order valence-electron chi connectivity index (χ3n) is 2.38. The lowest BCUT2D eigenvalue weighted by molar-refractivity contribution is 0.318. The molecule has 94 valence electrons. The van der Waals surface area contributed by atoms with E-state index in [0.29, 0.717) is 18.0 Å². The van der Waals surface area contributed by atoms with Crippen LogP contribution in [0.1, 0.15) is 11.3 Å². The molecule has 0 radical (unpaired) electrons. The van der Waals surface area contributed by atoms with Crippen molar-refractivity contribution in [3.05, 3.63) is 42.0 Å². The van der Waals surface area contributed by atoms with Gasteiger partial charge in [-0.05, 0) is 17.7 Å². The van der Waals surface area contributed by atoms with Gasteiger partial charge in [-0.3, -0.25) is 9.67 Å². The van der Waals surface area contributed by atoms with E-state index in [1.165, 1.54) is 0 Å². The summed E-state index contributed by atoms with van der Waals surface area (Å²) >= 11 is 0. The van der Waals surface area contributed by atoms with Crippen LogP contribution in [0, 0.1) is 0 Å². The van der Waals surface area contributed by atoms with E-state index in [0.717, 1.165) is 5.56 Å². The van der Waals surface area contributed by atoms with E-state index >= 15 is 0 Å². The maximum atomic E-state index is 8.59. The summed E-state index contributed by atoms with van der Waals surface area (Å²) in [5, 5.41) is 15.6. The molecule has 18 heavy (non-hydrogen) atoms. The van der Waals surface area contributed by atoms with Crippen molar-refractivity contribution in [1.82, 2.24) is 14.8 Å². The second kappa shape index (κ2) is 5.17. The van der Waals surface area contributed by atoms with Gasteiger partial charge in [0.1, 0.15) is 5.69 Å². The molecule has 0 aliphatic carbocycles. The van der Waals surface area contributed by atoms with E-state index in [2.05, 4.69) is 15.2 Å². The molecule has 0 bridgehead atoms. The third-order valence-corrected chi connectivity index (χ3v) is 2.38. The zero-order valence-electron chi connectivity index (χ0n) is 9.82. The van der Waals surface area contributed by atoms with Gasteiger partial charge in [0.15, 0.2) is 11.6 Å². The van der Waals surface area contributed by atoms with Gasteiger partial charge in [-0.25, -0.2) is 0 Å².